The zero-order valence-corrected chi connectivity index (χ0v) is 18.1. The molecule has 32 heavy (non-hydrogen) atoms. The molecule has 2 aromatic carbocycles. The highest BCUT2D eigenvalue weighted by atomic mass is 32.2. The first kappa shape index (κ1) is 23.7. The molecule has 3 rings (SSSR count). The smallest absolute Gasteiger partial charge is 0.337 e. The monoisotopic (exact) mass is 464 g/mol. The van der Waals surface area contributed by atoms with Crippen molar-refractivity contribution in [2.75, 3.05) is 13.7 Å². The maximum Gasteiger partial charge on any atom is 0.337 e. The van der Waals surface area contributed by atoms with Crippen LogP contribution in [0, 0.1) is 0 Å². The van der Waals surface area contributed by atoms with Crippen LogP contribution in [0.5, 0.6) is 5.75 Å². The molecule has 0 aliphatic carbocycles. The van der Waals surface area contributed by atoms with Gasteiger partial charge in [0.15, 0.2) is 0 Å². The van der Waals surface area contributed by atoms with Crippen LogP contribution in [0.25, 0.3) is 0 Å². The third kappa shape index (κ3) is 5.25. The zero-order valence-electron chi connectivity index (χ0n) is 17.3. The van der Waals surface area contributed by atoms with Crippen LogP contribution in [0.15, 0.2) is 53.4 Å². The number of carbonyl (C=O) groups is 2. The number of nitrogens with one attached hydrogen (secondary N) is 1. The molecule has 11 heteroatoms. The van der Waals surface area contributed by atoms with Crippen LogP contribution in [0.3, 0.4) is 0 Å². The minimum absolute atomic E-state index is 0.0512. The highest BCUT2D eigenvalue weighted by Crippen LogP contribution is 2.27. The Morgan fingerprint density at radius 2 is 1.91 bits per heavy atom. The number of sulfonamides is 1. The standard InChI is InChI=1S/C21H24N2O8S/c1-30-21(26)15-4-2-3-14(11-15)13-31-17-5-7-18(8-6-17)32(28,29)23-10-9-16(24)12-19(23)20(25)22-27/h2-8,11,16,19,24,27H,9-10,12-13H2,1H3,(H,22,25). The summed E-state index contributed by atoms with van der Waals surface area (Å²) in [7, 11) is -2.75. The first-order valence-corrected chi connectivity index (χ1v) is 11.2. The number of methoxy groups -OCH3 is 1. The van der Waals surface area contributed by atoms with E-state index in [4.69, 9.17) is 14.7 Å². The molecule has 2 aromatic rings. The maximum atomic E-state index is 13.0. The number of amides is 1. The summed E-state index contributed by atoms with van der Waals surface area (Å²) in [4.78, 5) is 23.5. The Hall–Kier alpha value is -2.99. The highest BCUT2D eigenvalue weighted by molar-refractivity contribution is 7.89. The zero-order chi connectivity index (χ0) is 23.3. The first-order valence-electron chi connectivity index (χ1n) is 9.80. The molecule has 0 radical (unpaired) electrons. The van der Waals surface area contributed by atoms with Crippen molar-refractivity contribution < 1.29 is 37.8 Å². The van der Waals surface area contributed by atoms with E-state index in [2.05, 4.69) is 0 Å². The molecule has 2 atom stereocenters. The summed E-state index contributed by atoms with van der Waals surface area (Å²) >= 11 is 0. The number of benzene rings is 2. The fraction of sp³-hybridized carbons (Fsp3) is 0.333. The molecule has 1 heterocycles. The minimum Gasteiger partial charge on any atom is -0.489 e. The van der Waals surface area contributed by atoms with E-state index in [-0.39, 0.29) is 30.9 Å². The molecule has 1 amide bonds. The van der Waals surface area contributed by atoms with Crippen LogP contribution in [-0.2, 0) is 26.2 Å². The van der Waals surface area contributed by atoms with Crippen molar-refractivity contribution in [3.8, 4) is 5.75 Å². The maximum absolute atomic E-state index is 13.0. The predicted octanol–water partition coefficient (Wildman–Crippen LogP) is 1.07. The fourth-order valence-corrected chi connectivity index (χ4v) is 5.05. The first-order chi connectivity index (χ1) is 15.3. The summed E-state index contributed by atoms with van der Waals surface area (Å²) in [6, 6.07) is 11.2. The number of ether oxygens (including phenoxy) is 2. The molecule has 10 nitrogen and oxygen atoms in total. The molecule has 2 unspecified atom stereocenters. The van der Waals surface area contributed by atoms with Gasteiger partial charge in [-0.1, -0.05) is 12.1 Å². The normalized spacial score (nSPS) is 19.2. The molecule has 0 aromatic heterocycles. The van der Waals surface area contributed by atoms with Gasteiger partial charge >= 0.3 is 5.97 Å². The van der Waals surface area contributed by atoms with Crippen LogP contribution in [-0.4, -0.2) is 60.7 Å². The van der Waals surface area contributed by atoms with Gasteiger partial charge in [0.2, 0.25) is 10.0 Å². The van der Waals surface area contributed by atoms with Crippen LogP contribution in [0.2, 0.25) is 0 Å². The van der Waals surface area contributed by atoms with Gasteiger partial charge in [-0.15, -0.1) is 0 Å². The van der Waals surface area contributed by atoms with Gasteiger partial charge in [-0.2, -0.15) is 4.31 Å². The Bertz CT molecular complexity index is 1070. The number of hydrogen-bond acceptors (Lipinski definition) is 8. The van der Waals surface area contributed by atoms with E-state index in [9.17, 15) is 23.1 Å². The van der Waals surface area contributed by atoms with Crippen LogP contribution < -0.4 is 10.2 Å². The molecular weight excluding hydrogens is 440 g/mol. The highest BCUT2D eigenvalue weighted by Gasteiger charge is 2.40. The summed E-state index contributed by atoms with van der Waals surface area (Å²) in [5.74, 6) is -0.951. The molecule has 172 valence electrons. The minimum atomic E-state index is -4.05. The third-order valence-electron chi connectivity index (χ3n) is 5.12. The van der Waals surface area contributed by atoms with Crippen LogP contribution in [0.1, 0.15) is 28.8 Å². The van der Waals surface area contributed by atoms with E-state index in [1.54, 1.807) is 24.3 Å². The number of carbonyl (C=O) groups excluding carboxylic acids is 2. The topological polar surface area (TPSA) is 142 Å². The number of hydroxylamine groups is 1. The van der Waals surface area contributed by atoms with Gasteiger partial charge in [0, 0.05) is 6.54 Å². The quantitative estimate of drug-likeness (QED) is 0.314. The number of piperidine rings is 1. The van der Waals surface area contributed by atoms with E-state index in [0.717, 1.165) is 9.87 Å². The average molecular weight is 464 g/mol. The Morgan fingerprint density at radius 3 is 2.56 bits per heavy atom. The van der Waals surface area contributed by atoms with Crippen molar-refractivity contribution in [2.45, 2.75) is 36.5 Å². The second kappa shape index (κ2) is 10.1. The lowest BCUT2D eigenvalue weighted by molar-refractivity contribution is -0.135. The molecule has 1 aliphatic heterocycles. The van der Waals surface area contributed by atoms with Crippen molar-refractivity contribution in [2.24, 2.45) is 0 Å². The predicted molar refractivity (Wildman–Crippen MR) is 111 cm³/mol. The van der Waals surface area contributed by atoms with Crippen LogP contribution in [0.4, 0.5) is 0 Å². The SMILES string of the molecule is COC(=O)c1cccc(COc2ccc(S(=O)(=O)N3CCC(O)CC3C(=O)NO)cc2)c1. The van der Waals surface area contributed by atoms with E-state index >= 15 is 0 Å². The van der Waals surface area contributed by atoms with Gasteiger partial charge in [-0.3, -0.25) is 10.0 Å². The van der Waals surface area contributed by atoms with Crippen molar-refractivity contribution in [3.63, 3.8) is 0 Å². The molecule has 1 aliphatic rings. The van der Waals surface area contributed by atoms with E-state index in [0.29, 0.717) is 11.3 Å². The summed E-state index contributed by atoms with van der Waals surface area (Å²) in [6.45, 7) is 0.0933. The average Bonchev–Trinajstić information content (AvgIpc) is 2.81. The second-order valence-electron chi connectivity index (χ2n) is 7.24. The van der Waals surface area contributed by atoms with Gasteiger partial charge in [0.05, 0.1) is 23.7 Å². The largest absolute Gasteiger partial charge is 0.489 e. The van der Waals surface area contributed by atoms with Gasteiger partial charge < -0.3 is 14.6 Å². The number of nitrogens with zero attached hydrogens (tertiary/aromatic N) is 1. The molecule has 0 bridgehead atoms. The van der Waals surface area contributed by atoms with Gasteiger partial charge in [0.25, 0.3) is 5.91 Å². The molecule has 0 saturated carbocycles. The van der Waals surface area contributed by atoms with Crippen molar-refractivity contribution in [1.82, 2.24) is 9.79 Å². The Kier molecular flexibility index (Phi) is 7.46. The lowest BCUT2D eigenvalue weighted by Crippen LogP contribution is -2.54. The lowest BCUT2D eigenvalue weighted by atomic mass is 10.0. The fourth-order valence-electron chi connectivity index (χ4n) is 3.44. The summed E-state index contributed by atoms with van der Waals surface area (Å²) in [5, 5.41) is 18.7. The number of rotatable bonds is 7. The molecule has 3 N–H and O–H groups in total. The Labute approximate surface area is 185 Å². The summed E-state index contributed by atoms with van der Waals surface area (Å²) < 4.78 is 37.4. The van der Waals surface area contributed by atoms with Crippen molar-refractivity contribution in [1.29, 1.82) is 0 Å². The van der Waals surface area contributed by atoms with Crippen molar-refractivity contribution in [3.05, 3.63) is 59.7 Å². The van der Waals surface area contributed by atoms with Gasteiger partial charge in [0.1, 0.15) is 18.4 Å². The second-order valence-corrected chi connectivity index (χ2v) is 9.13. The van der Waals surface area contributed by atoms with E-state index < -0.39 is 34.0 Å². The summed E-state index contributed by atoms with van der Waals surface area (Å²) in [5.41, 5.74) is 2.58. The van der Waals surface area contributed by atoms with Crippen LogP contribution >= 0.6 is 0 Å². The number of aliphatic hydroxyl groups excluding tert-OH is 1. The number of aliphatic hydroxyl groups is 1. The van der Waals surface area contributed by atoms with Crippen molar-refractivity contribution >= 4 is 21.9 Å². The van der Waals surface area contributed by atoms with E-state index in [1.165, 1.54) is 36.9 Å². The van der Waals surface area contributed by atoms with Gasteiger partial charge in [-0.05, 0) is 54.8 Å². The number of hydrogen-bond donors (Lipinski definition) is 3. The third-order valence-corrected chi connectivity index (χ3v) is 7.04. The molecule has 0 spiro atoms. The number of esters is 1. The Morgan fingerprint density at radius 1 is 1.19 bits per heavy atom. The summed E-state index contributed by atoms with van der Waals surface area (Å²) in [6.07, 6.45) is -0.769. The van der Waals surface area contributed by atoms with E-state index in [1.807, 2.05) is 0 Å². The molecule has 1 saturated heterocycles. The van der Waals surface area contributed by atoms with Gasteiger partial charge in [-0.25, -0.2) is 18.7 Å². The molecule has 1 fully saturated rings. The molecular formula is C21H24N2O8S. The Balaban J connectivity index is 1.72. The lowest BCUT2D eigenvalue weighted by Gasteiger charge is -2.35.